The van der Waals surface area contributed by atoms with E-state index in [1.54, 1.807) is 24.1 Å². The van der Waals surface area contributed by atoms with Gasteiger partial charge in [0.25, 0.3) is 0 Å². The van der Waals surface area contributed by atoms with Gasteiger partial charge in [-0.25, -0.2) is 4.79 Å². The first-order valence-corrected chi connectivity index (χ1v) is 9.38. The van der Waals surface area contributed by atoms with Gasteiger partial charge < -0.3 is 15.0 Å². The minimum Gasteiger partial charge on any atom is -0.489 e. The Morgan fingerprint density at radius 2 is 1.69 bits per heavy atom. The van der Waals surface area contributed by atoms with Crippen molar-refractivity contribution in [2.24, 2.45) is 0 Å². The monoisotopic (exact) mass is 385 g/mol. The molecule has 0 bridgehead atoms. The van der Waals surface area contributed by atoms with Gasteiger partial charge in [0.05, 0.1) is 11.6 Å². The number of benzene rings is 3. The number of nitrogens with one attached hydrogen (secondary N) is 1. The number of urea groups is 1. The van der Waals surface area contributed by atoms with E-state index in [1.807, 2.05) is 66.7 Å². The molecule has 29 heavy (non-hydrogen) atoms. The molecule has 0 aliphatic carbocycles. The third-order valence-corrected chi connectivity index (χ3v) is 4.41. The maximum Gasteiger partial charge on any atom is 0.317 e. The molecule has 0 unspecified atom stereocenters. The Labute approximate surface area is 171 Å². The van der Waals surface area contributed by atoms with Gasteiger partial charge in [0.1, 0.15) is 12.4 Å². The Morgan fingerprint density at radius 1 is 0.966 bits per heavy atom. The number of carbonyl (C=O) groups is 1. The van der Waals surface area contributed by atoms with Crippen molar-refractivity contribution in [3.8, 4) is 11.8 Å². The van der Waals surface area contributed by atoms with Crippen LogP contribution in [0, 0.1) is 11.3 Å². The molecular weight excluding hydrogens is 362 g/mol. The highest BCUT2D eigenvalue weighted by Gasteiger charge is 2.09. The van der Waals surface area contributed by atoms with Gasteiger partial charge in [-0.15, -0.1) is 0 Å². The SMILES string of the molecule is CN(Cc1cccc(C#N)c1)C(=O)NCc1cccc(COc2ccccc2)c1. The van der Waals surface area contributed by atoms with Crippen molar-refractivity contribution >= 4 is 6.03 Å². The molecule has 2 amide bonds. The number of ether oxygens (including phenoxy) is 1. The van der Waals surface area contributed by atoms with Crippen molar-refractivity contribution < 1.29 is 9.53 Å². The van der Waals surface area contributed by atoms with Crippen LogP contribution >= 0.6 is 0 Å². The van der Waals surface area contributed by atoms with Crippen LogP contribution in [-0.4, -0.2) is 18.0 Å². The topological polar surface area (TPSA) is 65.4 Å². The van der Waals surface area contributed by atoms with Crippen LogP contribution in [0.3, 0.4) is 0 Å². The lowest BCUT2D eigenvalue weighted by atomic mass is 10.1. The first kappa shape index (κ1) is 20.0. The molecule has 3 aromatic rings. The Morgan fingerprint density at radius 3 is 2.48 bits per heavy atom. The molecule has 1 N–H and O–H groups in total. The summed E-state index contributed by atoms with van der Waals surface area (Å²) >= 11 is 0. The highest BCUT2D eigenvalue weighted by molar-refractivity contribution is 5.73. The minimum absolute atomic E-state index is 0.168. The summed E-state index contributed by atoms with van der Waals surface area (Å²) in [6.07, 6.45) is 0. The predicted molar refractivity (Wildman–Crippen MR) is 112 cm³/mol. The molecule has 0 aliphatic rings. The van der Waals surface area contributed by atoms with E-state index in [1.165, 1.54) is 0 Å². The molecule has 3 aromatic carbocycles. The van der Waals surface area contributed by atoms with Crippen LogP contribution in [0.4, 0.5) is 4.79 Å². The number of nitriles is 1. The molecule has 5 heteroatoms. The summed E-state index contributed by atoms with van der Waals surface area (Å²) in [5.74, 6) is 0.827. The molecule has 0 saturated heterocycles. The van der Waals surface area contributed by atoms with Crippen molar-refractivity contribution in [1.29, 1.82) is 5.26 Å². The summed E-state index contributed by atoms with van der Waals surface area (Å²) in [5, 5.41) is 11.9. The zero-order chi connectivity index (χ0) is 20.5. The van der Waals surface area contributed by atoms with E-state index in [0.717, 1.165) is 22.4 Å². The summed E-state index contributed by atoms with van der Waals surface area (Å²) in [4.78, 5) is 14.0. The van der Waals surface area contributed by atoms with Crippen LogP contribution in [0.2, 0.25) is 0 Å². The number of hydrogen-bond donors (Lipinski definition) is 1. The van der Waals surface area contributed by atoms with Crippen molar-refractivity contribution in [1.82, 2.24) is 10.2 Å². The first-order valence-electron chi connectivity index (χ1n) is 9.38. The van der Waals surface area contributed by atoms with Gasteiger partial charge in [0.15, 0.2) is 0 Å². The second-order valence-corrected chi connectivity index (χ2v) is 6.75. The molecular formula is C24H23N3O2. The molecule has 0 radical (unpaired) electrons. The van der Waals surface area contributed by atoms with E-state index >= 15 is 0 Å². The lowest BCUT2D eigenvalue weighted by molar-refractivity contribution is 0.206. The van der Waals surface area contributed by atoms with Crippen LogP contribution in [0.15, 0.2) is 78.9 Å². The van der Waals surface area contributed by atoms with E-state index in [2.05, 4.69) is 11.4 Å². The maximum atomic E-state index is 12.4. The van der Waals surface area contributed by atoms with Crippen molar-refractivity contribution in [3.05, 3.63) is 101 Å². The number of carbonyl (C=O) groups excluding carboxylic acids is 1. The van der Waals surface area contributed by atoms with E-state index in [-0.39, 0.29) is 6.03 Å². The summed E-state index contributed by atoms with van der Waals surface area (Å²) in [6.45, 7) is 1.34. The van der Waals surface area contributed by atoms with Crippen molar-refractivity contribution in [2.45, 2.75) is 19.7 Å². The van der Waals surface area contributed by atoms with Gasteiger partial charge in [0.2, 0.25) is 0 Å². The van der Waals surface area contributed by atoms with Gasteiger partial charge in [0, 0.05) is 20.1 Å². The smallest absolute Gasteiger partial charge is 0.317 e. The van der Waals surface area contributed by atoms with Gasteiger partial charge in [-0.2, -0.15) is 5.26 Å². The van der Waals surface area contributed by atoms with Crippen LogP contribution in [0.1, 0.15) is 22.3 Å². The standard InChI is InChI=1S/C24H23N3O2/c1-27(17-21-9-5-7-19(13-21)15-25)24(28)26-16-20-8-6-10-22(14-20)18-29-23-11-3-2-4-12-23/h2-14H,16-18H2,1H3,(H,26,28). The van der Waals surface area contributed by atoms with Gasteiger partial charge in [-0.1, -0.05) is 54.6 Å². The van der Waals surface area contributed by atoms with Gasteiger partial charge in [-0.3, -0.25) is 0 Å². The Kier molecular flexibility index (Phi) is 6.85. The van der Waals surface area contributed by atoms with Crippen LogP contribution in [0.5, 0.6) is 5.75 Å². The molecule has 0 spiro atoms. The summed E-state index contributed by atoms with van der Waals surface area (Å²) in [5.41, 5.74) is 3.56. The molecule has 0 heterocycles. The third-order valence-electron chi connectivity index (χ3n) is 4.41. The summed E-state index contributed by atoms with van der Waals surface area (Å²) < 4.78 is 5.78. The highest BCUT2D eigenvalue weighted by Crippen LogP contribution is 2.13. The van der Waals surface area contributed by atoms with Crippen molar-refractivity contribution in [3.63, 3.8) is 0 Å². The molecule has 0 atom stereocenters. The highest BCUT2D eigenvalue weighted by atomic mass is 16.5. The fourth-order valence-corrected chi connectivity index (χ4v) is 2.91. The Hall–Kier alpha value is -3.78. The number of hydrogen-bond acceptors (Lipinski definition) is 3. The van der Waals surface area contributed by atoms with E-state index in [9.17, 15) is 4.79 Å². The Bertz CT molecular complexity index is 996. The Balaban J connectivity index is 1.51. The third kappa shape index (κ3) is 6.12. The molecule has 3 rings (SSSR count). The van der Waals surface area contributed by atoms with Crippen LogP contribution < -0.4 is 10.1 Å². The zero-order valence-electron chi connectivity index (χ0n) is 16.3. The second kappa shape index (κ2) is 9.95. The quantitative estimate of drug-likeness (QED) is 0.652. The maximum absolute atomic E-state index is 12.4. The first-order chi connectivity index (χ1) is 14.1. The van der Waals surface area contributed by atoms with Crippen LogP contribution in [0.25, 0.3) is 0 Å². The fraction of sp³-hybridized carbons (Fsp3) is 0.167. The predicted octanol–water partition coefficient (Wildman–Crippen LogP) is 4.48. The molecule has 0 saturated carbocycles. The summed E-state index contributed by atoms with van der Waals surface area (Å²) in [6, 6.07) is 26.9. The van der Waals surface area contributed by atoms with Gasteiger partial charge >= 0.3 is 6.03 Å². The molecule has 5 nitrogen and oxygen atoms in total. The zero-order valence-corrected chi connectivity index (χ0v) is 16.3. The molecule has 0 aromatic heterocycles. The lowest BCUT2D eigenvalue weighted by Gasteiger charge is -2.18. The normalized spacial score (nSPS) is 10.1. The average Bonchev–Trinajstić information content (AvgIpc) is 2.77. The van der Waals surface area contributed by atoms with E-state index in [0.29, 0.717) is 25.3 Å². The lowest BCUT2D eigenvalue weighted by Crippen LogP contribution is -2.36. The molecule has 0 fully saturated rings. The number of nitrogens with zero attached hydrogens (tertiary/aromatic N) is 2. The molecule has 146 valence electrons. The molecule has 0 aliphatic heterocycles. The van der Waals surface area contributed by atoms with Crippen molar-refractivity contribution in [2.75, 3.05) is 7.05 Å². The largest absolute Gasteiger partial charge is 0.489 e. The second-order valence-electron chi connectivity index (χ2n) is 6.75. The van der Waals surface area contributed by atoms with E-state index < -0.39 is 0 Å². The van der Waals surface area contributed by atoms with Gasteiger partial charge in [-0.05, 0) is 41.0 Å². The summed E-state index contributed by atoms with van der Waals surface area (Å²) in [7, 11) is 1.73. The number of amides is 2. The van der Waals surface area contributed by atoms with Crippen LogP contribution in [-0.2, 0) is 19.7 Å². The number of para-hydroxylation sites is 1. The fourth-order valence-electron chi connectivity index (χ4n) is 2.91. The average molecular weight is 385 g/mol. The minimum atomic E-state index is -0.168. The van der Waals surface area contributed by atoms with E-state index in [4.69, 9.17) is 10.00 Å². The number of rotatable bonds is 7.